The molecule has 100 valence electrons. The van der Waals surface area contributed by atoms with E-state index >= 15 is 0 Å². The largest absolute Gasteiger partial charge is 0.351 e. The summed E-state index contributed by atoms with van der Waals surface area (Å²) >= 11 is 0. The third-order valence-corrected chi connectivity index (χ3v) is 4.43. The first-order valence-corrected chi connectivity index (χ1v) is 6.17. The molecule has 0 bridgehead atoms. The van der Waals surface area contributed by atoms with Crippen LogP contribution in [-0.4, -0.2) is 26.9 Å². The van der Waals surface area contributed by atoms with Gasteiger partial charge in [-0.15, -0.1) is 5.10 Å². The fourth-order valence-corrected chi connectivity index (χ4v) is 2.42. The summed E-state index contributed by atoms with van der Waals surface area (Å²) in [6.07, 6.45) is 1.70. The summed E-state index contributed by atoms with van der Waals surface area (Å²) in [6, 6.07) is 0.218. The average molecular weight is 251 g/mol. The van der Waals surface area contributed by atoms with Crippen molar-refractivity contribution >= 4 is 5.91 Å². The van der Waals surface area contributed by atoms with Gasteiger partial charge in [-0.2, -0.15) is 0 Å². The molecule has 1 aromatic rings. The summed E-state index contributed by atoms with van der Waals surface area (Å²) in [6.45, 7) is 9.19. The van der Waals surface area contributed by atoms with Crippen LogP contribution >= 0.6 is 0 Å². The van der Waals surface area contributed by atoms with Crippen LogP contribution in [0.25, 0.3) is 0 Å². The molecule has 1 aliphatic carbocycles. The van der Waals surface area contributed by atoms with Crippen LogP contribution < -0.4 is 11.1 Å². The molecule has 0 unspecified atom stereocenters. The number of rotatable bonds is 4. The summed E-state index contributed by atoms with van der Waals surface area (Å²) in [5, 5.41) is 10.8. The lowest BCUT2D eigenvalue weighted by Gasteiger charge is -2.06. The third-order valence-electron chi connectivity index (χ3n) is 4.43. The van der Waals surface area contributed by atoms with Gasteiger partial charge in [-0.05, 0) is 10.8 Å². The Hall–Kier alpha value is -1.43. The minimum absolute atomic E-state index is 0.0351. The Balaban J connectivity index is 1.91. The molecular formula is C12H21N5O. The van der Waals surface area contributed by atoms with Crippen LogP contribution in [0.1, 0.15) is 33.4 Å². The highest BCUT2D eigenvalue weighted by Gasteiger charge is 2.65. The lowest BCUT2D eigenvalue weighted by molar-refractivity contribution is -0.122. The fourth-order valence-electron chi connectivity index (χ4n) is 2.42. The Morgan fingerprint density at radius 1 is 1.44 bits per heavy atom. The van der Waals surface area contributed by atoms with Gasteiger partial charge in [0.25, 0.3) is 0 Å². The van der Waals surface area contributed by atoms with E-state index in [1.165, 1.54) is 4.68 Å². The molecule has 0 atom stereocenters. The fraction of sp³-hybridized carbons (Fsp3) is 0.750. The second kappa shape index (κ2) is 4.05. The lowest BCUT2D eigenvalue weighted by atomic mass is 10.0. The Bertz CT molecular complexity index is 449. The first-order valence-electron chi connectivity index (χ1n) is 6.17. The van der Waals surface area contributed by atoms with Crippen molar-refractivity contribution < 1.29 is 4.79 Å². The number of nitrogens with zero attached hydrogens (tertiary/aromatic N) is 3. The van der Waals surface area contributed by atoms with E-state index < -0.39 is 0 Å². The molecule has 1 saturated carbocycles. The van der Waals surface area contributed by atoms with Crippen LogP contribution in [0.4, 0.5) is 0 Å². The maximum absolute atomic E-state index is 11.9. The van der Waals surface area contributed by atoms with Crippen LogP contribution in [0.3, 0.4) is 0 Å². The summed E-state index contributed by atoms with van der Waals surface area (Å²) in [4.78, 5) is 11.9. The quantitative estimate of drug-likeness (QED) is 0.805. The normalized spacial score (nSPS) is 20.7. The first-order chi connectivity index (χ1) is 8.29. The van der Waals surface area contributed by atoms with Gasteiger partial charge in [0.1, 0.15) is 6.54 Å². The molecule has 0 saturated heterocycles. The van der Waals surface area contributed by atoms with E-state index in [2.05, 4.69) is 43.3 Å². The molecule has 1 heterocycles. The van der Waals surface area contributed by atoms with Crippen molar-refractivity contribution in [3.05, 3.63) is 11.9 Å². The topological polar surface area (TPSA) is 85.8 Å². The van der Waals surface area contributed by atoms with Crippen molar-refractivity contribution in [2.45, 2.75) is 46.8 Å². The van der Waals surface area contributed by atoms with Crippen LogP contribution in [0.5, 0.6) is 0 Å². The van der Waals surface area contributed by atoms with Gasteiger partial charge in [0.15, 0.2) is 0 Å². The number of carbonyl (C=O) groups excluding carboxylic acids is 1. The maximum atomic E-state index is 11.9. The Morgan fingerprint density at radius 3 is 2.50 bits per heavy atom. The third kappa shape index (κ3) is 2.01. The molecule has 0 aliphatic heterocycles. The molecular weight excluding hydrogens is 230 g/mol. The van der Waals surface area contributed by atoms with E-state index in [4.69, 9.17) is 5.73 Å². The standard InChI is InChI=1S/C12H21N5O/c1-11(2)10(12(11,3)4)14-9(18)7-17-6-8(5-13)15-16-17/h6,10H,5,7,13H2,1-4H3,(H,14,18). The maximum Gasteiger partial charge on any atom is 0.242 e. The number of nitrogens with two attached hydrogens (primary N) is 1. The van der Waals surface area contributed by atoms with E-state index in [0.717, 1.165) is 0 Å². The van der Waals surface area contributed by atoms with Gasteiger partial charge in [-0.1, -0.05) is 32.9 Å². The van der Waals surface area contributed by atoms with Crippen LogP contribution in [-0.2, 0) is 17.9 Å². The molecule has 0 spiro atoms. The van der Waals surface area contributed by atoms with Gasteiger partial charge in [0.2, 0.25) is 5.91 Å². The van der Waals surface area contributed by atoms with Crippen LogP contribution in [0.15, 0.2) is 6.20 Å². The van der Waals surface area contributed by atoms with Crippen molar-refractivity contribution in [3.63, 3.8) is 0 Å². The highest BCUT2D eigenvalue weighted by molar-refractivity contribution is 5.76. The Kier molecular flexibility index (Phi) is 2.93. The van der Waals surface area contributed by atoms with Crippen molar-refractivity contribution in [1.29, 1.82) is 0 Å². The zero-order valence-electron chi connectivity index (χ0n) is 11.4. The Morgan fingerprint density at radius 2 is 2.06 bits per heavy atom. The van der Waals surface area contributed by atoms with Crippen molar-refractivity contribution in [1.82, 2.24) is 20.3 Å². The molecule has 0 aromatic carbocycles. The zero-order valence-corrected chi connectivity index (χ0v) is 11.4. The monoisotopic (exact) mass is 251 g/mol. The van der Waals surface area contributed by atoms with E-state index in [1.807, 2.05) is 0 Å². The smallest absolute Gasteiger partial charge is 0.242 e. The molecule has 0 radical (unpaired) electrons. The number of hydrogen-bond acceptors (Lipinski definition) is 4. The molecule has 6 nitrogen and oxygen atoms in total. The summed E-state index contributed by atoms with van der Waals surface area (Å²) in [7, 11) is 0. The van der Waals surface area contributed by atoms with Crippen molar-refractivity contribution in [2.75, 3.05) is 0 Å². The molecule has 1 aliphatic rings. The second-order valence-corrected chi connectivity index (χ2v) is 6.06. The minimum atomic E-state index is -0.0351. The van der Waals surface area contributed by atoms with Crippen LogP contribution in [0.2, 0.25) is 0 Å². The number of carbonyl (C=O) groups is 1. The van der Waals surface area contributed by atoms with Crippen LogP contribution in [0, 0.1) is 10.8 Å². The van der Waals surface area contributed by atoms with Gasteiger partial charge >= 0.3 is 0 Å². The van der Waals surface area contributed by atoms with E-state index in [-0.39, 0.29) is 29.3 Å². The number of nitrogens with one attached hydrogen (secondary N) is 1. The summed E-state index contributed by atoms with van der Waals surface area (Å²) in [5.41, 5.74) is 6.42. The molecule has 6 heteroatoms. The zero-order chi connectivity index (χ0) is 13.6. The lowest BCUT2D eigenvalue weighted by Crippen LogP contribution is -2.32. The molecule has 1 aromatic heterocycles. The first kappa shape index (κ1) is 13.0. The summed E-state index contributed by atoms with van der Waals surface area (Å²) < 4.78 is 1.51. The number of aromatic nitrogens is 3. The second-order valence-electron chi connectivity index (χ2n) is 6.06. The molecule has 3 N–H and O–H groups in total. The summed E-state index contributed by atoms with van der Waals surface area (Å²) in [5.74, 6) is -0.0351. The van der Waals surface area contributed by atoms with Gasteiger partial charge in [0, 0.05) is 12.6 Å². The van der Waals surface area contributed by atoms with E-state index in [9.17, 15) is 4.79 Å². The predicted molar refractivity (Wildman–Crippen MR) is 67.4 cm³/mol. The molecule has 1 fully saturated rings. The van der Waals surface area contributed by atoms with Gasteiger partial charge in [-0.3, -0.25) is 4.79 Å². The van der Waals surface area contributed by atoms with Gasteiger partial charge in [-0.25, -0.2) is 4.68 Å². The molecule has 1 amide bonds. The van der Waals surface area contributed by atoms with E-state index in [1.54, 1.807) is 6.20 Å². The highest BCUT2D eigenvalue weighted by Crippen LogP contribution is 2.62. The number of hydrogen-bond donors (Lipinski definition) is 2. The Labute approximate surface area is 107 Å². The average Bonchev–Trinajstić information content (AvgIpc) is 2.68. The minimum Gasteiger partial charge on any atom is -0.351 e. The van der Waals surface area contributed by atoms with Gasteiger partial charge < -0.3 is 11.1 Å². The van der Waals surface area contributed by atoms with Crippen molar-refractivity contribution in [3.8, 4) is 0 Å². The number of amides is 1. The van der Waals surface area contributed by atoms with Gasteiger partial charge in [0.05, 0.1) is 11.9 Å². The SMILES string of the molecule is CC1(C)C(NC(=O)Cn2cc(CN)nn2)C1(C)C. The molecule has 2 rings (SSSR count). The van der Waals surface area contributed by atoms with Crippen molar-refractivity contribution in [2.24, 2.45) is 16.6 Å². The predicted octanol–water partition coefficient (Wildman–Crippen LogP) is 0.288. The highest BCUT2D eigenvalue weighted by atomic mass is 16.2. The molecule has 18 heavy (non-hydrogen) atoms. The van der Waals surface area contributed by atoms with E-state index in [0.29, 0.717) is 12.2 Å².